The molecule has 0 spiro atoms. The molecule has 1 heterocycles. The summed E-state index contributed by atoms with van der Waals surface area (Å²) in [6, 6.07) is 10.7. The van der Waals surface area contributed by atoms with Gasteiger partial charge in [0.1, 0.15) is 12.4 Å². The minimum absolute atomic E-state index is 0.347. The molecule has 90 valence electrons. The Kier molecular flexibility index (Phi) is 4.18. The molecule has 0 amide bonds. The van der Waals surface area contributed by atoms with Crippen LogP contribution in [0.2, 0.25) is 0 Å². The fraction of sp³-hybridized carbons (Fsp3) is 0.286. The fourth-order valence-electron chi connectivity index (χ4n) is 1.58. The Morgan fingerprint density at radius 2 is 2.24 bits per heavy atom. The molecular weight excluding hydrogens is 230 g/mol. The minimum Gasteiger partial charge on any atom is -0.489 e. The lowest BCUT2D eigenvalue weighted by molar-refractivity contribution is 0.306. The molecule has 3 heteroatoms. The van der Waals surface area contributed by atoms with Crippen molar-refractivity contribution in [3.63, 3.8) is 0 Å². The lowest BCUT2D eigenvalue weighted by Crippen LogP contribution is -2.12. The maximum absolute atomic E-state index is 5.76. The van der Waals surface area contributed by atoms with E-state index >= 15 is 0 Å². The minimum atomic E-state index is 0.347. The van der Waals surface area contributed by atoms with Gasteiger partial charge in [0.2, 0.25) is 0 Å². The zero-order chi connectivity index (χ0) is 12.1. The van der Waals surface area contributed by atoms with E-state index in [1.807, 2.05) is 19.2 Å². The first-order chi connectivity index (χ1) is 8.29. The summed E-state index contributed by atoms with van der Waals surface area (Å²) < 4.78 is 5.76. The highest BCUT2D eigenvalue weighted by molar-refractivity contribution is 7.07. The summed E-state index contributed by atoms with van der Waals surface area (Å²) in [6.07, 6.45) is 0. The predicted octanol–water partition coefficient (Wildman–Crippen LogP) is 3.61. The summed E-state index contributed by atoms with van der Waals surface area (Å²) in [4.78, 5) is 0. The Bertz CT molecular complexity index is 453. The maximum Gasteiger partial charge on any atom is 0.120 e. The van der Waals surface area contributed by atoms with Crippen molar-refractivity contribution in [3.05, 3.63) is 52.2 Å². The molecule has 0 saturated carbocycles. The molecule has 1 aromatic heterocycles. The Labute approximate surface area is 106 Å². The summed E-state index contributed by atoms with van der Waals surface area (Å²) >= 11 is 1.70. The standard InChI is InChI=1S/C14H17NOS/c1-11(15-2)13-4-3-5-14(8-13)16-9-12-6-7-17-10-12/h3-8,10-11,15H,9H2,1-2H3. The van der Waals surface area contributed by atoms with E-state index in [0.717, 1.165) is 5.75 Å². The Hall–Kier alpha value is -1.32. The van der Waals surface area contributed by atoms with E-state index in [2.05, 4.69) is 41.2 Å². The van der Waals surface area contributed by atoms with Crippen LogP contribution in [0.25, 0.3) is 0 Å². The molecule has 2 rings (SSSR count). The molecule has 0 radical (unpaired) electrons. The van der Waals surface area contributed by atoms with Crippen LogP contribution in [-0.2, 0) is 6.61 Å². The van der Waals surface area contributed by atoms with E-state index < -0.39 is 0 Å². The molecule has 1 aromatic carbocycles. The third-order valence-corrected chi connectivity index (χ3v) is 3.51. The molecular formula is C14H17NOS. The summed E-state index contributed by atoms with van der Waals surface area (Å²) in [7, 11) is 1.96. The zero-order valence-electron chi connectivity index (χ0n) is 10.1. The van der Waals surface area contributed by atoms with Crippen molar-refractivity contribution < 1.29 is 4.74 Å². The third kappa shape index (κ3) is 3.32. The number of thiophene rings is 1. The number of benzene rings is 1. The Morgan fingerprint density at radius 3 is 2.94 bits per heavy atom. The van der Waals surface area contributed by atoms with E-state index in [1.54, 1.807) is 11.3 Å². The maximum atomic E-state index is 5.76. The highest BCUT2D eigenvalue weighted by Crippen LogP contribution is 2.20. The van der Waals surface area contributed by atoms with Crippen LogP contribution in [0.1, 0.15) is 24.1 Å². The summed E-state index contributed by atoms with van der Waals surface area (Å²) in [6.45, 7) is 2.78. The van der Waals surface area contributed by atoms with Gasteiger partial charge in [-0.3, -0.25) is 0 Å². The van der Waals surface area contributed by atoms with Gasteiger partial charge >= 0.3 is 0 Å². The molecule has 0 fully saturated rings. The van der Waals surface area contributed by atoms with Crippen LogP contribution in [0.4, 0.5) is 0 Å². The van der Waals surface area contributed by atoms with Crippen molar-refractivity contribution in [1.82, 2.24) is 5.32 Å². The van der Waals surface area contributed by atoms with Crippen LogP contribution < -0.4 is 10.1 Å². The van der Waals surface area contributed by atoms with Gasteiger partial charge in [0.15, 0.2) is 0 Å². The molecule has 0 aliphatic rings. The molecule has 17 heavy (non-hydrogen) atoms. The van der Waals surface area contributed by atoms with Crippen LogP contribution in [-0.4, -0.2) is 7.05 Å². The van der Waals surface area contributed by atoms with E-state index in [9.17, 15) is 0 Å². The molecule has 1 N–H and O–H groups in total. The second kappa shape index (κ2) is 5.84. The smallest absolute Gasteiger partial charge is 0.120 e. The van der Waals surface area contributed by atoms with E-state index in [4.69, 9.17) is 4.74 Å². The van der Waals surface area contributed by atoms with Crippen LogP contribution in [0.3, 0.4) is 0 Å². The predicted molar refractivity (Wildman–Crippen MR) is 72.6 cm³/mol. The van der Waals surface area contributed by atoms with E-state index in [0.29, 0.717) is 12.6 Å². The van der Waals surface area contributed by atoms with Crippen molar-refractivity contribution in [3.8, 4) is 5.75 Å². The number of rotatable bonds is 5. The highest BCUT2D eigenvalue weighted by atomic mass is 32.1. The summed E-state index contributed by atoms with van der Waals surface area (Å²) in [5.74, 6) is 0.927. The molecule has 1 unspecified atom stereocenters. The molecule has 0 aliphatic carbocycles. The van der Waals surface area contributed by atoms with Gasteiger partial charge in [-0.15, -0.1) is 0 Å². The zero-order valence-corrected chi connectivity index (χ0v) is 11.0. The van der Waals surface area contributed by atoms with Crippen molar-refractivity contribution in [2.45, 2.75) is 19.6 Å². The second-order valence-corrected chi connectivity index (χ2v) is 4.78. The molecule has 1 atom stereocenters. The first-order valence-electron chi connectivity index (χ1n) is 5.70. The molecule has 2 nitrogen and oxygen atoms in total. The average molecular weight is 247 g/mol. The normalized spacial score (nSPS) is 12.4. The lowest BCUT2D eigenvalue weighted by Gasteiger charge is -2.12. The number of ether oxygens (including phenoxy) is 1. The molecule has 2 aromatic rings. The van der Waals surface area contributed by atoms with Gasteiger partial charge in [-0.1, -0.05) is 12.1 Å². The van der Waals surface area contributed by atoms with Gasteiger partial charge in [0.25, 0.3) is 0 Å². The van der Waals surface area contributed by atoms with Crippen molar-refractivity contribution >= 4 is 11.3 Å². The van der Waals surface area contributed by atoms with E-state index in [-0.39, 0.29) is 0 Å². The van der Waals surface area contributed by atoms with Crippen molar-refractivity contribution in [2.24, 2.45) is 0 Å². The molecule has 0 aliphatic heterocycles. The summed E-state index contributed by atoms with van der Waals surface area (Å²) in [5, 5.41) is 7.40. The first kappa shape index (κ1) is 12.1. The number of hydrogen-bond donors (Lipinski definition) is 1. The number of hydrogen-bond acceptors (Lipinski definition) is 3. The van der Waals surface area contributed by atoms with Gasteiger partial charge in [0, 0.05) is 6.04 Å². The quantitative estimate of drug-likeness (QED) is 0.871. The van der Waals surface area contributed by atoms with Crippen molar-refractivity contribution in [1.29, 1.82) is 0 Å². The molecule has 0 bridgehead atoms. The van der Waals surface area contributed by atoms with Gasteiger partial charge in [-0.05, 0) is 54.1 Å². The average Bonchev–Trinajstić information content (AvgIpc) is 2.89. The topological polar surface area (TPSA) is 21.3 Å². The largest absolute Gasteiger partial charge is 0.489 e. The SMILES string of the molecule is CNC(C)c1cccc(OCc2ccsc2)c1. The van der Waals surface area contributed by atoms with Gasteiger partial charge < -0.3 is 10.1 Å². The van der Waals surface area contributed by atoms with Crippen LogP contribution in [0.15, 0.2) is 41.1 Å². The Balaban J connectivity index is 2.01. The highest BCUT2D eigenvalue weighted by Gasteiger charge is 2.03. The van der Waals surface area contributed by atoms with Gasteiger partial charge in [0.05, 0.1) is 0 Å². The fourth-order valence-corrected chi connectivity index (χ4v) is 2.24. The molecule has 0 saturated heterocycles. The second-order valence-electron chi connectivity index (χ2n) is 4.00. The van der Waals surface area contributed by atoms with Crippen LogP contribution >= 0.6 is 11.3 Å². The van der Waals surface area contributed by atoms with Gasteiger partial charge in [-0.2, -0.15) is 11.3 Å². The lowest BCUT2D eigenvalue weighted by atomic mass is 10.1. The van der Waals surface area contributed by atoms with Crippen LogP contribution in [0, 0.1) is 0 Å². The first-order valence-corrected chi connectivity index (χ1v) is 6.65. The number of nitrogens with one attached hydrogen (secondary N) is 1. The third-order valence-electron chi connectivity index (χ3n) is 2.78. The van der Waals surface area contributed by atoms with E-state index in [1.165, 1.54) is 11.1 Å². The Morgan fingerprint density at radius 1 is 1.35 bits per heavy atom. The summed E-state index contributed by atoms with van der Waals surface area (Å²) in [5.41, 5.74) is 2.47. The van der Waals surface area contributed by atoms with Crippen molar-refractivity contribution in [2.75, 3.05) is 7.05 Å². The monoisotopic (exact) mass is 247 g/mol. The van der Waals surface area contributed by atoms with Crippen LogP contribution in [0.5, 0.6) is 5.75 Å². The van der Waals surface area contributed by atoms with Gasteiger partial charge in [-0.25, -0.2) is 0 Å².